The SMILES string of the molecule is CCCCON1C(=O)N2C[C@@H]1CC[C@H]2C(=O)NNC(=O)CCCCN(C)C(CCC)CCN=C=O. The average molecular weight is 495 g/mol. The quantitative estimate of drug-likeness (QED) is 0.147. The summed E-state index contributed by atoms with van der Waals surface area (Å²) >= 11 is 0. The second-order valence-corrected chi connectivity index (χ2v) is 9.37. The monoisotopic (exact) mass is 494 g/mol. The molecule has 2 aliphatic heterocycles. The molecule has 2 aliphatic rings. The molecule has 2 N–H and O–H groups in total. The van der Waals surface area contributed by atoms with Gasteiger partial charge in [0.2, 0.25) is 12.0 Å². The minimum atomic E-state index is -0.605. The lowest BCUT2D eigenvalue weighted by Gasteiger charge is -2.29. The van der Waals surface area contributed by atoms with Gasteiger partial charge in [-0.05, 0) is 58.5 Å². The number of hydrogen-bond donors (Lipinski definition) is 2. The highest BCUT2D eigenvalue weighted by atomic mass is 16.7. The van der Waals surface area contributed by atoms with Crippen LogP contribution in [0.2, 0.25) is 0 Å². The van der Waals surface area contributed by atoms with Crippen molar-refractivity contribution in [2.45, 2.75) is 96.2 Å². The normalized spacial score (nSPS) is 20.1. The Hall–Kier alpha value is -2.49. The van der Waals surface area contributed by atoms with Gasteiger partial charge in [0.15, 0.2) is 0 Å². The number of nitrogens with zero attached hydrogens (tertiary/aromatic N) is 4. The number of unbranched alkanes of at least 4 members (excludes halogenated alkanes) is 2. The number of aliphatic imine (C=N–C) groups is 1. The zero-order chi connectivity index (χ0) is 25.6. The number of hydrogen-bond acceptors (Lipinski definition) is 7. The number of hydroxylamine groups is 2. The van der Waals surface area contributed by atoms with E-state index in [2.05, 4.69) is 41.6 Å². The van der Waals surface area contributed by atoms with Gasteiger partial charge in [0.25, 0.3) is 5.91 Å². The summed E-state index contributed by atoms with van der Waals surface area (Å²) < 4.78 is 0. The van der Waals surface area contributed by atoms with Crippen molar-refractivity contribution in [3.8, 4) is 0 Å². The van der Waals surface area contributed by atoms with Gasteiger partial charge < -0.3 is 9.80 Å². The molecule has 0 spiro atoms. The van der Waals surface area contributed by atoms with E-state index in [1.54, 1.807) is 6.08 Å². The van der Waals surface area contributed by atoms with Gasteiger partial charge in [0.1, 0.15) is 6.04 Å². The molecule has 11 heteroatoms. The molecule has 0 radical (unpaired) electrons. The van der Waals surface area contributed by atoms with Crippen LogP contribution in [0.1, 0.15) is 78.1 Å². The lowest BCUT2D eigenvalue weighted by Crippen LogP contribution is -2.54. The molecule has 2 bridgehead atoms. The molecule has 35 heavy (non-hydrogen) atoms. The first kappa shape index (κ1) is 28.7. The summed E-state index contributed by atoms with van der Waals surface area (Å²) in [6.45, 7) is 6.46. The molecular formula is C24H42N6O5. The number of carbonyl (C=O) groups excluding carboxylic acids is 4. The van der Waals surface area contributed by atoms with Gasteiger partial charge in [0.05, 0.1) is 19.2 Å². The summed E-state index contributed by atoms with van der Waals surface area (Å²) in [5, 5.41) is 1.42. The van der Waals surface area contributed by atoms with Crippen molar-refractivity contribution in [2.75, 3.05) is 33.3 Å². The van der Waals surface area contributed by atoms with Crippen LogP contribution in [0.3, 0.4) is 0 Å². The Morgan fingerprint density at radius 1 is 1.17 bits per heavy atom. The zero-order valence-corrected chi connectivity index (χ0v) is 21.5. The van der Waals surface area contributed by atoms with E-state index in [0.717, 1.165) is 45.1 Å². The standard InChI is InChI=1S/C24H42N6O5/c1-4-6-16-35-30-20-11-12-21(29(17-20)24(30)34)23(33)27-26-22(32)10-7-8-15-28(3)19(9-5-2)13-14-25-18-31/h19-21H,4-17H2,1-3H3,(H,26,32)(H,27,33)/t19?,20-,21-/m0/s1. The van der Waals surface area contributed by atoms with Crippen LogP contribution < -0.4 is 10.9 Å². The molecule has 11 nitrogen and oxygen atoms in total. The van der Waals surface area contributed by atoms with Crippen LogP contribution in [-0.4, -0.2) is 90.2 Å². The molecule has 4 amide bonds. The maximum Gasteiger partial charge on any atom is 0.345 e. The molecule has 0 aromatic rings. The number of hydrazine groups is 1. The van der Waals surface area contributed by atoms with Crippen LogP contribution in [0.15, 0.2) is 4.99 Å². The molecular weight excluding hydrogens is 452 g/mol. The lowest BCUT2D eigenvalue weighted by molar-refractivity contribution is -0.132. The van der Waals surface area contributed by atoms with Crippen molar-refractivity contribution in [3.05, 3.63) is 0 Å². The molecule has 2 fully saturated rings. The summed E-state index contributed by atoms with van der Waals surface area (Å²) in [5.41, 5.74) is 4.98. The van der Waals surface area contributed by atoms with E-state index in [0.29, 0.717) is 51.4 Å². The van der Waals surface area contributed by atoms with Crippen molar-refractivity contribution < 1.29 is 24.0 Å². The fourth-order valence-corrected chi connectivity index (χ4v) is 4.66. The summed E-state index contributed by atoms with van der Waals surface area (Å²) in [6, 6.07) is -0.558. The Morgan fingerprint density at radius 2 is 1.97 bits per heavy atom. The van der Waals surface area contributed by atoms with E-state index in [1.807, 2.05) is 0 Å². The Morgan fingerprint density at radius 3 is 2.69 bits per heavy atom. The van der Waals surface area contributed by atoms with Crippen LogP contribution in [0.4, 0.5) is 4.79 Å². The molecule has 0 saturated carbocycles. The van der Waals surface area contributed by atoms with Gasteiger partial charge >= 0.3 is 6.03 Å². The van der Waals surface area contributed by atoms with Crippen molar-refractivity contribution in [1.82, 2.24) is 25.7 Å². The van der Waals surface area contributed by atoms with Crippen molar-refractivity contribution in [2.24, 2.45) is 4.99 Å². The molecule has 1 unspecified atom stereocenters. The molecule has 0 aromatic heterocycles. The van der Waals surface area contributed by atoms with Gasteiger partial charge in [-0.1, -0.05) is 26.7 Å². The zero-order valence-electron chi connectivity index (χ0n) is 21.5. The number of rotatable bonds is 16. The lowest BCUT2D eigenvalue weighted by atomic mass is 10.0. The van der Waals surface area contributed by atoms with E-state index < -0.39 is 6.04 Å². The van der Waals surface area contributed by atoms with Gasteiger partial charge in [-0.15, -0.1) is 0 Å². The van der Waals surface area contributed by atoms with E-state index in [-0.39, 0.29) is 23.9 Å². The molecule has 2 heterocycles. The number of amides is 4. The van der Waals surface area contributed by atoms with Crippen molar-refractivity contribution in [1.29, 1.82) is 0 Å². The highest BCUT2D eigenvalue weighted by molar-refractivity contribution is 5.89. The van der Waals surface area contributed by atoms with Crippen molar-refractivity contribution >= 4 is 23.9 Å². The third kappa shape index (κ3) is 8.91. The van der Waals surface area contributed by atoms with Gasteiger partial charge in [-0.25, -0.2) is 14.6 Å². The maximum atomic E-state index is 12.7. The first-order valence-corrected chi connectivity index (χ1v) is 13.0. The second-order valence-electron chi connectivity index (χ2n) is 9.37. The van der Waals surface area contributed by atoms with Crippen LogP contribution in [0.25, 0.3) is 0 Å². The summed E-state index contributed by atoms with van der Waals surface area (Å²) in [7, 11) is 2.05. The predicted molar refractivity (Wildman–Crippen MR) is 131 cm³/mol. The van der Waals surface area contributed by atoms with Crippen LogP contribution in [-0.2, 0) is 19.2 Å². The second kappa shape index (κ2) is 15.5. The van der Waals surface area contributed by atoms with E-state index in [1.165, 1.54) is 9.96 Å². The molecule has 3 atom stereocenters. The highest BCUT2D eigenvalue weighted by Gasteiger charge is 2.47. The maximum absolute atomic E-state index is 12.7. The summed E-state index contributed by atoms with van der Waals surface area (Å²) in [4.78, 5) is 60.9. The topological polar surface area (TPSA) is 124 Å². The summed E-state index contributed by atoms with van der Waals surface area (Å²) in [6.07, 6.45) is 9.40. The minimum Gasteiger partial charge on any atom is -0.309 e. The number of isocyanates is 1. The largest absolute Gasteiger partial charge is 0.345 e. The minimum absolute atomic E-state index is 0.0224. The number of nitrogens with one attached hydrogen (secondary N) is 2. The third-order valence-electron chi connectivity index (χ3n) is 6.73. The van der Waals surface area contributed by atoms with Gasteiger partial charge in [-0.2, -0.15) is 5.06 Å². The third-order valence-corrected chi connectivity index (χ3v) is 6.73. The molecule has 0 aromatic carbocycles. The number of urea groups is 1. The van der Waals surface area contributed by atoms with Crippen LogP contribution in [0, 0.1) is 0 Å². The van der Waals surface area contributed by atoms with Gasteiger partial charge in [0, 0.05) is 19.0 Å². The van der Waals surface area contributed by atoms with Crippen LogP contribution >= 0.6 is 0 Å². The number of piperidine rings is 1. The number of fused-ring (bicyclic) bond motifs is 2. The van der Waals surface area contributed by atoms with Gasteiger partial charge in [-0.3, -0.25) is 25.3 Å². The fourth-order valence-electron chi connectivity index (χ4n) is 4.66. The van der Waals surface area contributed by atoms with Crippen molar-refractivity contribution in [3.63, 3.8) is 0 Å². The molecule has 198 valence electrons. The number of carbonyl (C=O) groups is 3. The highest BCUT2D eigenvalue weighted by Crippen LogP contribution is 2.30. The Bertz CT molecular complexity index is 744. The smallest absolute Gasteiger partial charge is 0.309 e. The first-order valence-electron chi connectivity index (χ1n) is 13.0. The van der Waals surface area contributed by atoms with E-state index in [9.17, 15) is 19.2 Å². The first-order chi connectivity index (χ1) is 16.9. The molecule has 2 saturated heterocycles. The predicted octanol–water partition coefficient (Wildman–Crippen LogP) is 2.13. The average Bonchev–Trinajstić information content (AvgIpc) is 3.09. The molecule has 2 rings (SSSR count). The molecule has 0 aliphatic carbocycles. The summed E-state index contributed by atoms with van der Waals surface area (Å²) in [5.74, 6) is -0.627. The fraction of sp³-hybridized carbons (Fsp3) is 0.833. The Kier molecular flexibility index (Phi) is 12.7. The van der Waals surface area contributed by atoms with E-state index >= 15 is 0 Å². The Balaban J connectivity index is 1.67. The van der Waals surface area contributed by atoms with Crippen LogP contribution in [0.5, 0.6) is 0 Å². The van der Waals surface area contributed by atoms with E-state index in [4.69, 9.17) is 4.84 Å². The Labute approximate surface area is 208 Å².